The predicted molar refractivity (Wildman–Crippen MR) is 114 cm³/mol. The minimum atomic E-state index is 0.290. The molecule has 130 valence electrons. The van der Waals surface area contributed by atoms with Gasteiger partial charge in [0.05, 0.1) is 0 Å². The maximum Gasteiger partial charge on any atom is 0.0339 e. The van der Waals surface area contributed by atoms with Crippen LogP contribution >= 0.6 is 47.8 Å². The zero-order valence-corrected chi connectivity index (χ0v) is 18.8. The maximum absolute atomic E-state index is 4.28. The molecule has 0 aliphatic heterocycles. The number of hydrogen-bond acceptors (Lipinski definition) is 0. The van der Waals surface area contributed by atoms with Crippen LogP contribution in [-0.2, 0) is 10.8 Å². The van der Waals surface area contributed by atoms with Gasteiger partial charge in [-0.25, -0.2) is 0 Å². The highest BCUT2D eigenvalue weighted by molar-refractivity contribution is 9.10. The summed E-state index contributed by atoms with van der Waals surface area (Å²) in [5.41, 5.74) is 3.65. The second kappa shape index (κ2) is 5.94. The van der Waals surface area contributed by atoms with Crippen molar-refractivity contribution >= 4 is 47.8 Å². The van der Waals surface area contributed by atoms with Gasteiger partial charge in [-0.15, -0.1) is 0 Å². The lowest BCUT2D eigenvalue weighted by Crippen LogP contribution is -2.63. The van der Waals surface area contributed by atoms with Crippen LogP contribution in [0.1, 0.15) is 43.2 Å². The first kappa shape index (κ1) is 17.0. The fraction of sp³-hybridized carbons (Fsp3) is 0.455. The smallest absolute Gasteiger partial charge is 0.0339 e. The Labute approximate surface area is 175 Å². The molecule has 4 saturated carbocycles. The number of hydrogen-bond donors (Lipinski definition) is 0. The van der Waals surface area contributed by atoms with Crippen LogP contribution in [0.5, 0.6) is 0 Å². The summed E-state index contributed by atoms with van der Waals surface area (Å²) in [7, 11) is 0. The van der Waals surface area contributed by atoms with Crippen molar-refractivity contribution in [1.82, 2.24) is 0 Å². The fourth-order valence-electron chi connectivity index (χ4n) is 6.45. The number of rotatable bonds is 2. The molecule has 2 aromatic rings. The van der Waals surface area contributed by atoms with E-state index in [9.17, 15) is 0 Å². The normalized spacial score (nSPS) is 38.9. The summed E-state index contributed by atoms with van der Waals surface area (Å²) in [5.74, 6) is 1.74. The lowest BCUT2D eigenvalue weighted by molar-refractivity contribution is -0.0185. The van der Waals surface area contributed by atoms with Crippen LogP contribution in [0.25, 0.3) is 0 Å². The van der Waals surface area contributed by atoms with Crippen molar-refractivity contribution in [2.45, 2.75) is 47.8 Å². The summed E-state index contributed by atoms with van der Waals surface area (Å²) in [6.45, 7) is 0. The third-order valence-electron chi connectivity index (χ3n) is 7.09. The monoisotopic (exact) mass is 522 g/mol. The van der Waals surface area contributed by atoms with Gasteiger partial charge >= 0.3 is 0 Å². The third kappa shape index (κ3) is 2.48. The quantitative estimate of drug-likeness (QED) is 0.360. The Hall–Kier alpha value is -0.120. The molecular formula is C22H21Br3. The van der Waals surface area contributed by atoms with E-state index in [-0.39, 0.29) is 10.8 Å². The van der Waals surface area contributed by atoms with E-state index in [0.29, 0.717) is 4.83 Å². The van der Waals surface area contributed by atoms with E-state index in [0.717, 1.165) is 11.8 Å². The van der Waals surface area contributed by atoms with Crippen LogP contribution in [0.4, 0.5) is 0 Å². The molecule has 2 aromatic carbocycles. The van der Waals surface area contributed by atoms with Crippen LogP contribution in [0.2, 0.25) is 0 Å². The van der Waals surface area contributed by atoms with Gasteiger partial charge in [-0.2, -0.15) is 0 Å². The van der Waals surface area contributed by atoms with Gasteiger partial charge in [0.25, 0.3) is 0 Å². The third-order valence-corrected chi connectivity index (χ3v) is 9.90. The molecule has 0 radical (unpaired) electrons. The number of alkyl halides is 1. The van der Waals surface area contributed by atoms with E-state index < -0.39 is 0 Å². The van der Waals surface area contributed by atoms with E-state index in [1.54, 1.807) is 0 Å². The second-order valence-corrected chi connectivity index (χ2v) is 11.2. The average molecular weight is 525 g/mol. The predicted octanol–water partition coefficient (Wildman–Crippen LogP) is 7.37. The molecule has 0 amide bonds. The molecule has 0 spiro atoms. The summed E-state index contributed by atoms with van der Waals surface area (Å²) in [4.78, 5) is 0.516. The Bertz CT molecular complexity index is 714. The molecule has 0 atom stereocenters. The highest BCUT2D eigenvalue weighted by Gasteiger charge is 2.63. The van der Waals surface area contributed by atoms with Gasteiger partial charge in [-0.3, -0.25) is 0 Å². The van der Waals surface area contributed by atoms with Crippen molar-refractivity contribution in [3.8, 4) is 0 Å². The van der Waals surface area contributed by atoms with E-state index in [2.05, 4.69) is 96.3 Å². The largest absolute Gasteiger partial charge is 0.0871 e. The molecule has 0 unspecified atom stereocenters. The molecule has 0 aromatic heterocycles. The molecule has 3 heteroatoms. The lowest BCUT2D eigenvalue weighted by Gasteiger charge is -2.65. The molecular weight excluding hydrogens is 504 g/mol. The van der Waals surface area contributed by atoms with Crippen molar-refractivity contribution in [3.05, 3.63) is 68.6 Å². The Balaban J connectivity index is 1.65. The van der Waals surface area contributed by atoms with Crippen LogP contribution < -0.4 is 0 Å². The zero-order chi connectivity index (χ0) is 17.2. The van der Waals surface area contributed by atoms with Gasteiger partial charge < -0.3 is 0 Å². The molecule has 4 bridgehead atoms. The highest BCUT2D eigenvalue weighted by Crippen LogP contribution is 2.68. The Kier molecular flexibility index (Phi) is 4.04. The molecule has 25 heavy (non-hydrogen) atoms. The first-order chi connectivity index (χ1) is 12.0. The molecule has 4 aliphatic carbocycles. The minimum Gasteiger partial charge on any atom is -0.0871 e. The summed E-state index contributed by atoms with van der Waals surface area (Å²) >= 11 is 11.5. The van der Waals surface area contributed by atoms with Crippen molar-refractivity contribution < 1.29 is 0 Å². The Morgan fingerprint density at radius 3 is 1.36 bits per heavy atom. The SMILES string of the molecule is Brc1ccc(C23CC4CC(C2)CC(c2ccc(Br)cc2)(C4)C3Br)cc1. The second-order valence-electron chi connectivity index (χ2n) is 8.47. The summed E-state index contributed by atoms with van der Waals surface area (Å²) in [6, 6.07) is 18.3. The van der Waals surface area contributed by atoms with Crippen molar-refractivity contribution in [3.63, 3.8) is 0 Å². The Morgan fingerprint density at radius 1 is 0.640 bits per heavy atom. The molecule has 0 heterocycles. The number of halogens is 3. The molecule has 4 aliphatic rings. The van der Waals surface area contributed by atoms with Crippen LogP contribution in [0, 0.1) is 11.8 Å². The summed E-state index contributed by atoms with van der Waals surface area (Å²) < 4.78 is 2.35. The van der Waals surface area contributed by atoms with Gasteiger partial charge in [0.2, 0.25) is 0 Å². The number of benzene rings is 2. The summed E-state index contributed by atoms with van der Waals surface area (Å²) in [5, 5.41) is 0. The topological polar surface area (TPSA) is 0 Å². The standard InChI is InChI=1S/C22H21Br3/c23-18-5-1-16(2-6-18)21-10-14-9-15(11-21)13-22(12-14,20(21)25)17-3-7-19(24)8-4-17/h1-8,14-15,20H,9-13H2. The van der Waals surface area contributed by atoms with Gasteiger partial charge in [-0.1, -0.05) is 72.1 Å². The molecule has 4 fully saturated rings. The van der Waals surface area contributed by atoms with Gasteiger partial charge in [-0.05, 0) is 79.3 Å². The molecule has 0 nitrogen and oxygen atoms in total. The molecule has 0 N–H and O–H groups in total. The Morgan fingerprint density at radius 2 is 1.00 bits per heavy atom. The molecule has 6 rings (SSSR count). The van der Waals surface area contributed by atoms with E-state index in [1.807, 2.05) is 0 Å². The molecule has 0 saturated heterocycles. The van der Waals surface area contributed by atoms with E-state index >= 15 is 0 Å². The fourth-order valence-corrected chi connectivity index (χ4v) is 8.25. The van der Waals surface area contributed by atoms with Gasteiger partial charge in [0.15, 0.2) is 0 Å². The van der Waals surface area contributed by atoms with Crippen LogP contribution in [0.15, 0.2) is 57.5 Å². The van der Waals surface area contributed by atoms with Gasteiger partial charge in [0, 0.05) is 24.6 Å². The summed E-state index contributed by atoms with van der Waals surface area (Å²) in [6.07, 6.45) is 6.83. The highest BCUT2D eigenvalue weighted by atomic mass is 79.9. The van der Waals surface area contributed by atoms with Crippen molar-refractivity contribution in [2.75, 3.05) is 0 Å². The van der Waals surface area contributed by atoms with Gasteiger partial charge in [0.1, 0.15) is 0 Å². The zero-order valence-electron chi connectivity index (χ0n) is 14.0. The van der Waals surface area contributed by atoms with Crippen LogP contribution in [-0.4, -0.2) is 4.83 Å². The lowest BCUT2D eigenvalue weighted by atomic mass is 9.41. The maximum atomic E-state index is 4.28. The first-order valence-electron chi connectivity index (χ1n) is 9.18. The van der Waals surface area contributed by atoms with E-state index in [4.69, 9.17) is 0 Å². The van der Waals surface area contributed by atoms with Crippen LogP contribution in [0.3, 0.4) is 0 Å². The van der Waals surface area contributed by atoms with Crippen molar-refractivity contribution in [1.29, 1.82) is 0 Å². The minimum absolute atomic E-state index is 0.290. The first-order valence-corrected chi connectivity index (χ1v) is 11.7. The average Bonchev–Trinajstić information content (AvgIpc) is 2.60. The van der Waals surface area contributed by atoms with Crippen molar-refractivity contribution in [2.24, 2.45) is 11.8 Å². The van der Waals surface area contributed by atoms with E-state index in [1.165, 1.54) is 52.2 Å².